The Bertz CT molecular complexity index is 1510. The average Bonchev–Trinajstić information content (AvgIpc) is 2.82. The van der Waals surface area contributed by atoms with E-state index in [0.717, 1.165) is 12.1 Å². The van der Waals surface area contributed by atoms with E-state index in [1.54, 1.807) is 6.92 Å². The molecule has 0 saturated carbocycles. The third-order valence-corrected chi connectivity index (χ3v) is 6.93. The Labute approximate surface area is 202 Å². The summed E-state index contributed by atoms with van der Waals surface area (Å²) in [4.78, 5) is 23.1. The number of anilines is 2. The molecule has 35 heavy (non-hydrogen) atoms. The van der Waals surface area contributed by atoms with Crippen LogP contribution in [0.25, 0.3) is 11.1 Å². The maximum Gasteiger partial charge on any atom is 0.295 e. The maximum absolute atomic E-state index is 12.6. The van der Waals surface area contributed by atoms with Gasteiger partial charge >= 0.3 is 0 Å². The van der Waals surface area contributed by atoms with Crippen LogP contribution in [0, 0.1) is 0 Å². The molecule has 0 aliphatic carbocycles. The van der Waals surface area contributed by atoms with Crippen molar-refractivity contribution in [3.05, 3.63) is 71.8 Å². The van der Waals surface area contributed by atoms with Crippen LogP contribution in [0.2, 0.25) is 0 Å². The lowest BCUT2D eigenvalue weighted by molar-refractivity contribution is 0.0984. The van der Waals surface area contributed by atoms with Crippen LogP contribution >= 0.6 is 0 Å². The number of carbonyl (C=O) groups excluding carboxylic acids is 2. The van der Waals surface area contributed by atoms with Crippen molar-refractivity contribution in [2.45, 2.75) is 23.1 Å². The van der Waals surface area contributed by atoms with Crippen molar-refractivity contribution in [1.29, 1.82) is 0 Å². The highest BCUT2D eigenvalue weighted by Gasteiger charge is 2.24. The van der Waals surface area contributed by atoms with Crippen LogP contribution in [0.1, 0.15) is 34.1 Å². The van der Waals surface area contributed by atoms with Crippen LogP contribution in [-0.2, 0) is 20.2 Å². The minimum Gasteiger partial charge on any atom is -0.388 e. The van der Waals surface area contributed by atoms with Gasteiger partial charge in [0.15, 0.2) is 5.78 Å². The normalized spacial score (nSPS) is 11.7. The number of nitrogens with one attached hydrogen (secondary N) is 2. The van der Waals surface area contributed by atoms with E-state index in [-0.39, 0.29) is 28.2 Å². The zero-order valence-electron chi connectivity index (χ0n) is 18.6. The molecule has 0 atom stereocenters. The van der Waals surface area contributed by atoms with Gasteiger partial charge in [-0.15, -0.1) is 0 Å². The molecule has 0 spiro atoms. The molecule has 4 N–H and O–H groups in total. The van der Waals surface area contributed by atoms with E-state index in [1.165, 1.54) is 55.6 Å². The van der Waals surface area contributed by atoms with Crippen molar-refractivity contribution in [2.24, 2.45) is 0 Å². The zero-order valence-corrected chi connectivity index (χ0v) is 20.3. The molecule has 0 bridgehead atoms. The number of ketones is 1. The fraction of sp³-hybridized carbons (Fsp3) is 0.130. The van der Waals surface area contributed by atoms with Gasteiger partial charge in [0.2, 0.25) is 0 Å². The SMILES string of the molecule is CCC(=O)c1ccc(C(=O)Nc2ccc(-c3ccc(NC)cc3S(=O)(=O)O)c(S(=O)(=O)O)c2)cc1. The monoisotopic (exact) mass is 518 g/mol. The lowest BCUT2D eigenvalue weighted by atomic mass is 10.0. The first kappa shape index (κ1) is 26.0. The summed E-state index contributed by atoms with van der Waals surface area (Å²) in [5.74, 6) is -0.691. The molecule has 1 amide bonds. The van der Waals surface area contributed by atoms with Crippen molar-refractivity contribution in [2.75, 3.05) is 17.7 Å². The molecule has 3 aromatic rings. The Morgan fingerprint density at radius 1 is 0.743 bits per heavy atom. The van der Waals surface area contributed by atoms with E-state index in [0.29, 0.717) is 17.7 Å². The number of benzene rings is 3. The Balaban J connectivity index is 2.04. The van der Waals surface area contributed by atoms with Crippen LogP contribution in [0.5, 0.6) is 0 Å². The van der Waals surface area contributed by atoms with Gasteiger partial charge in [-0.2, -0.15) is 16.8 Å². The van der Waals surface area contributed by atoms with Gasteiger partial charge in [-0.1, -0.05) is 31.2 Å². The minimum absolute atomic E-state index is 0.000312. The fourth-order valence-electron chi connectivity index (χ4n) is 3.36. The molecule has 3 rings (SSSR count). The molecule has 0 saturated heterocycles. The largest absolute Gasteiger partial charge is 0.388 e. The Kier molecular flexibility index (Phi) is 7.41. The Hall–Kier alpha value is -3.58. The van der Waals surface area contributed by atoms with Crippen LogP contribution in [0.3, 0.4) is 0 Å². The zero-order chi connectivity index (χ0) is 26.0. The number of Topliss-reactive ketones (excluding diaryl/α,β-unsaturated/α-hetero) is 1. The van der Waals surface area contributed by atoms with Crippen molar-refractivity contribution in [3.8, 4) is 11.1 Å². The first-order valence-corrected chi connectivity index (χ1v) is 13.1. The predicted molar refractivity (Wildman–Crippen MR) is 130 cm³/mol. The van der Waals surface area contributed by atoms with Gasteiger partial charge in [-0.25, -0.2) is 0 Å². The smallest absolute Gasteiger partial charge is 0.295 e. The topological polar surface area (TPSA) is 167 Å². The molecule has 0 radical (unpaired) electrons. The van der Waals surface area contributed by atoms with E-state index < -0.39 is 35.9 Å². The van der Waals surface area contributed by atoms with E-state index in [4.69, 9.17) is 0 Å². The molecule has 0 aliphatic rings. The molecule has 0 heterocycles. The highest BCUT2D eigenvalue weighted by atomic mass is 32.2. The summed E-state index contributed by atoms with van der Waals surface area (Å²) in [7, 11) is -8.12. The summed E-state index contributed by atoms with van der Waals surface area (Å²) < 4.78 is 67.6. The van der Waals surface area contributed by atoms with Gasteiger partial charge in [-0.05, 0) is 36.4 Å². The molecule has 0 aliphatic heterocycles. The molecule has 0 fully saturated rings. The first-order valence-electron chi connectivity index (χ1n) is 10.2. The minimum atomic E-state index is -4.88. The molecule has 10 nitrogen and oxygen atoms in total. The van der Waals surface area contributed by atoms with E-state index in [9.17, 15) is 35.5 Å². The second-order valence-corrected chi connectivity index (χ2v) is 10.2. The molecular weight excluding hydrogens is 496 g/mol. The number of carbonyl (C=O) groups is 2. The Morgan fingerprint density at radius 2 is 1.20 bits per heavy atom. The van der Waals surface area contributed by atoms with Crippen molar-refractivity contribution < 1.29 is 35.5 Å². The summed E-state index contributed by atoms with van der Waals surface area (Å²) in [6, 6.07) is 13.2. The van der Waals surface area contributed by atoms with Gasteiger partial charge < -0.3 is 10.6 Å². The third kappa shape index (κ3) is 5.92. The summed E-state index contributed by atoms with van der Waals surface area (Å²) >= 11 is 0. The van der Waals surface area contributed by atoms with Crippen molar-refractivity contribution in [1.82, 2.24) is 0 Å². The summed E-state index contributed by atoms with van der Waals surface area (Å²) in [5, 5.41) is 5.21. The molecule has 0 aromatic heterocycles. The molecule has 184 valence electrons. The summed E-state index contributed by atoms with van der Waals surface area (Å²) in [5.41, 5.74) is 0.606. The average molecular weight is 519 g/mol. The lowest BCUT2D eigenvalue weighted by Gasteiger charge is -2.14. The molecular formula is C23H22N2O8S2. The van der Waals surface area contributed by atoms with Crippen molar-refractivity contribution >= 4 is 43.3 Å². The van der Waals surface area contributed by atoms with E-state index in [2.05, 4.69) is 10.6 Å². The van der Waals surface area contributed by atoms with Crippen LogP contribution in [0.4, 0.5) is 11.4 Å². The number of hydrogen-bond donors (Lipinski definition) is 4. The quantitative estimate of drug-likeness (QED) is 0.256. The second kappa shape index (κ2) is 9.96. The highest BCUT2D eigenvalue weighted by molar-refractivity contribution is 7.86. The van der Waals surface area contributed by atoms with Gasteiger partial charge in [0, 0.05) is 47.1 Å². The number of amides is 1. The van der Waals surface area contributed by atoms with Crippen LogP contribution in [0.15, 0.2) is 70.5 Å². The predicted octanol–water partition coefficient (Wildman–Crippen LogP) is 3.73. The van der Waals surface area contributed by atoms with Crippen LogP contribution in [-0.4, -0.2) is 44.7 Å². The molecule has 0 unspecified atom stereocenters. The summed E-state index contributed by atoms with van der Waals surface area (Å²) in [6.07, 6.45) is 0.313. The third-order valence-electron chi connectivity index (χ3n) is 5.15. The fourth-order valence-corrected chi connectivity index (χ4v) is 4.83. The first-order chi connectivity index (χ1) is 16.3. The van der Waals surface area contributed by atoms with Crippen molar-refractivity contribution in [3.63, 3.8) is 0 Å². The standard InChI is InChI=1S/C23H22N2O8S2/c1-3-20(26)14-4-6-15(7-5-14)23(27)25-17-9-11-19(22(13-17)35(31,32)33)18-10-8-16(24-2)12-21(18)34(28,29)30/h4-13,24H,3H2,1-2H3,(H,25,27)(H,28,29,30)(H,31,32,33). The van der Waals surface area contributed by atoms with Gasteiger partial charge in [0.05, 0.1) is 0 Å². The van der Waals surface area contributed by atoms with Gasteiger partial charge in [0.25, 0.3) is 26.1 Å². The molecule has 12 heteroatoms. The van der Waals surface area contributed by atoms with Gasteiger partial charge in [0.1, 0.15) is 9.79 Å². The number of rotatable bonds is 8. The summed E-state index contributed by atoms with van der Waals surface area (Å²) in [6.45, 7) is 1.72. The Morgan fingerprint density at radius 3 is 1.66 bits per heavy atom. The number of hydrogen-bond acceptors (Lipinski definition) is 7. The molecule has 3 aromatic carbocycles. The second-order valence-electron chi connectivity index (χ2n) is 7.43. The lowest BCUT2D eigenvalue weighted by Crippen LogP contribution is -2.13. The maximum atomic E-state index is 12.6. The highest BCUT2D eigenvalue weighted by Crippen LogP contribution is 2.35. The van der Waals surface area contributed by atoms with E-state index in [1.807, 2.05) is 0 Å². The van der Waals surface area contributed by atoms with Crippen LogP contribution < -0.4 is 10.6 Å². The van der Waals surface area contributed by atoms with Gasteiger partial charge in [-0.3, -0.25) is 18.7 Å². The van der Waals surface area contributed by atoms with E-state index >= 15 is 0 Å².